The molecule has 3 rings (SSSR count). The number of fused-ring (bicyclic) bond motifs is 1. The number of thiophene rings is 1. The van der Waals surface area contributed by atoms with Gasteiger partial charge in [-0.05, 0) is 24.6 Å². The molecule has 0 aliphatic carbocycles. The van der Waals surface area contributed by atoms with E-state index in [1.165, 1.54) is 11.2 Å². The first-order chi connectivity index (χ1) is 9.20. The summed E-state index contributed by atoms with van der Waals surface area (Å²) in [5.74, 6) is 1.37. The fourth-order valence-corrected chi connectivity index (χ4v) is 3.19. The lowest BCUT2D eigenvalue weighted by molar-refractivity contribution is 0.415. The minimum atomic E-state index is 0.528. The molecule has 0 bridgehead atoms. The largest absolute Gasteiger partial charge is 0.497 e. The summed E-state index contributed by atoms with van der Waals surface area (Å²) < 4.78 is 5.18. The van der Waals surface area contributed by atoms with Crippen LogP contribution in [0, 0.1) is 6.92 Å². The summed E-state index contributed by atoms with van der Waals surface area (Å²) in [4.78, 5) is 10.5. The van der Waals surface area contributed by atoms with Gasteiger partial charge in [0.15, 0.2) is 0 Å². The van der Waals surface area contributed by atoms with E-state index in [-0.39, 0.29) is 0 Å². The maximum atomic E-state index is 5.99. The van der Waals surface area contributed by atoms with Gasteiger partial charge in [0.25, 0.3) is 0 Å². The summed E-state index contributed by atoms with van der Waals surface area (Å²) >= 11 is 1.64. The molecule has 0 spiro atoms. The third-order valence-corrected chi connectivity index (χ3v) is 4.09. The third-order valence-electron chi connectivity index (χ3n) is 3.07. The highest BCUT2D eigenvalue weighted by atomic mass is 32.1. The van der Waals surface area contributed by atoms with E-state index in [2.05, 4.69) is 16.9 Å². The summed E-state index contributed by atoms with van der Waals surface area (Å²) in [6, 6.07) is 7.94. The third kappa shape index (κ3) is 1.92. The van der Waals surface area contributed by atoms with Crippen molar-refractivity contribution in [1.29, 1.82) is 0 Å². The average molecular weight is 271 g/mol. The Morgan fingerprint density at radius 2 is 1.89 bits per heavy atom. The van der Waals surface area contributed by atoms with Crippen LogP contribution in [0.25, 0.3) is 21.3 Å². The molecule has 3 aromatic rings. The van der Waals surface area contributed by atoms with Crippen LogP contribution in [0.15, 0.2) is 30.6 Å². The number of hydrogen-bond donors (Lipinski definition) is 1. The van der Waals surface area contributed by atoms with Gasteiger partial charge < -0.3 is 10.5 Å². The number of nitrogens with zero attached hydrogens (tertiary/aromatic N) is 2. The van der Waals surface area contributed by atoms with Crippen LogP contribution in [0.3, 0.4) is 0 Å². The Kier molecular flexibility index (Phi) is 2.83. The van der Waals surface area contributed by atoms with Gasteiger partial charge in [0.1, 0.15) is 22.7 Å². The minimum absolute atomic E-state index is 0.528. The van der Waals surface area contributed by atoms with Crippen LogP contribution in [0.1, 0.15) is 4.88 Å². The number of hydrogen-bond acceptors (Lipinski definition) is 5. The molecule has 0 amide bonds. The van der Waals surface area contributed by atoms with Crippen molar-refractivity contribution in [2.75, 3.05) is 12.8 Å². The van der Waals surface area contributed by atoms with Crippen LogP contribution in [0.2, 0.25) is 0 Å². The van der Waals surface area contributed by atoms with E-state index in [0.717, 1.165) is 27.1 Å². The van der Waals surface area contributed by atoms with Crippen molar-refractivity contribution in [3.8, 4) is 16.9 Å². The topological polar surface area (TPSA) is 61.0 Å². The SMILES string of the molecule is COc1ccc(-c2c(C)sc3ncnc(N)c23)cc1. The van der Waals surface area contributed by atoms with Gasteiger partial charge in [-0.2, -0.15) is 0 Å². The molecule has 0 aliphatic rings. The summed E-state index contributed by atoms with van der Waals surface area (Å²) in [7, 11) is 1.66. The van der Waals surface area contributed by atoms with Gasteiger partial charge in [0.2, 0.25) is 0 Å². The van der Waals surface area contributed by atoms with Crippen LogP contribution < -0.4 is 10.5 Å². The standard InChI is InChI=1S/C14H13N3OS/c1-8-11(9-3-5-10(18-2)6-4-9)12-13(15)16-7-17-14(12)19-8/h3-7H,1-2H3,(H2,15,16,17). The number of aromatic nitrogens is 2. The van der Waals surface area contributed by atoms with Crippen molar-refractivity contribution in [2.24, 2.45) is 0 Å². The number of anilines is 1. The minimum Gasteiger partial charge on any atom is -0.497 e. The van der Waals surface area contributed by atoms with Crippen molar-refractivity contribution in [3.05, 3.63) is 35.5 Å². The summed E-state index contributed by atoms with van der Waals surface area (Å²) in [6.45, 7) is 2.07. The van der Waals surface area contributed by atoms with E-state index in [0.29, 0.717) is 5.82 Å². The second kappa shape index (κ2) is 4.51. The predicted octanol–water partition coefficient (Wildman–Crippen LogP) is 3.26. The molecule has 0 radical (unpaired) electrons. The van der Waals surface area contributed by atoms with Gasteiger partial charge in [-0.25, -0.2) is 9.97 Å². The molecule has 0 unspecified atom stereocenters. The Morgan fingerprint density at radius 3 is 2.58 bits per heavy atom. The number of methoxy groups -OCH3 is 1. The molecule has 96 valence electrons. The quantitative estimate of drug-likeness (QED) is 0.777. The van der Waals surface area contributed by atoms with Crippen LogP contribution >= 0.6 is 11.3 Å². The van der Waals surface area contributed by atoms with Crippen molar-refractivity contribution in [2.45, 2.75) is 6.92 Å². The first-order valence-corrected chi connectivity index (χ1v) is 6.66. The smallest absolute Gasteiger partial charge is 0.136 e. The van der Waals surface area contributed by atoms with E-state index in [1.54, 1.807) is 18.4 Å². The lowest BCUT2D eigenvalue weighted by Crippen LogP contribution is -1.92. The predicted molar refractivity (Wildman–Crippen MR) is 78.6 cm³/mol. The van der Waals surface area contributed by atoms with Crippen molar-refractivity contribution in [3.63, 3.8) is 0 Å². The Morgan fingerprint density at radius 1 is 1.16 bits per heavy atom. The van der Waals surface area contributed by atoms with Crippen LogP contribution in [-0.2, 0) is 0 Å². The van der Waals surface area contributed by atoms with Gasteiger partial charge in [-0.1, -0.05) is 12.1 Å². The summed E-state index contributed by atoms with van der Waals surface area (Å²) in [5.41, 5.74) is 8.21. The Labute approximate surface area is 114 Å². The molecule has 0 saturated carbocycles. The zero-order chi connectivity index (χ0) is 13.4. The number of nitrogen functional groups attached to an aromatic ring is 1. The molecule has 2 heterocycles. The molecule has 0 aliphatic heterocycles. The number of ether oxygens (including phenoxy) is 1. The first-order valence-electron chi connectivity index (χ1n) is 5.84. The Bertz CT molecular complexity index is 734. The lowest BCUT2D eigenvalue weighted by Gasteiger charge is -2.05. The van der Waals surface area contributed by atoms with Gasteiger partial charge >= 0.3 is 0 Å². The zero-order valence-electron chi connectivity index (χ0n) is 10.7. The normalized spacial score (nSPS) is 10.8. The fraction of sp³-hybridized carbons (Fsp3) is 0.143. The van der Waals surface area contributed by atoms with Gasteiger partial charge in [0, 0.05) is 10.4 Å². The number of benzene rings is 1. The highest BCUT2D eigenvalue weighted by Crippen LogP contribution is 2.39. The molecule has 0 fully saturated rings. The zero-order valence-corrected chi connectivity index (χ0v) is 11.5. The molecule has 0 saturated heterocycles. The highest BCUT2D eigenvalue weighted by Gasteiger charge is 2.15. The Hall–Kier alpha value is -2.14. The summed E-state index contributed by atoms with van der Waals surface area (Å²) in [5, 5.41) is 0.940. The number of aryl methyl sites for hydroxylation is 1. The molecule has 1 aromatic carbocycles. The first kappa shape index (κ1) is 11.9. The van der Waals surface area contributed by atoms with Crippen molar-refractivity contribution < 1.29 is 4.74 Å². The van der Waals surface area contributed by atoms with E-state index in [4.69, 9.17) is 10.5 Å². The Balaban J connectivity index is 2.26. The second-order valence-corrected chi connectivity index (χ2v) is 5.40. The molecule has 0 atom stereocenters. The molecule has 2 aromatic heterocycles. The number of rotatable bonds is 2. The molecular weight excluding hydrogens is 258 g/mol. The fourth-order valence-electron chi connectivity index (χ4n) is 2.17. The van der Waals surface area contributed by atoms with E-state index < -0.39 is 0 Å². The second-order valence-electron chi connectivity index (χ2n) is 4.20. The van der Waals surface area contributed by atoms with Gasteiger partial charge in [-0.15, -0.1) is 11.3 Å². The molecular formula is C14H13N3OS. The molecule has 19 heavy (non-hydrogen) atoms. The van der Waals surface area contributed by atoms with E-state index in [1.807, 2.05) is 24.3 Å². The maximum absolute atomic E-state index is 5.99. The summed E-state index contributed by atoms with van der Waals surface area (Å²) in [6.07, 6.45) is 1.51. The monoisotopic (exact) mass is 271 g/mol. The lowest BCUT2D eigenvalue weighted by atomic mass is 10.0. The van der Waals surface area contributed by atoms with Crippen LogP contribution in [0.5, 0.6) is 5.75 Å². The van der Waals surface area contributed by atoms with Crippen molar-refractivity contribution in [1.82, 2.24) is 9.97 Å². The van der Waals surface area contributed by atoms with Crippen molar-refractivity contribution >= 4 is 27.4 Å². The molecule has 4 nitrogen and oxygen atoms in total. The van der Waals surface area contributed by atoms with Crippen LogP contribution in [-0.4, -0.2) is 17.1 Å². The molecule has 5 heteroatoms. The van der Waals surface area contributed by atoms with Gasteiger partial charge in [0.05, 0.1) is 12.5 Å². The van der Waals surface area contributed by atoms with E-state index >= 15 is 0 Å². The number of nitrogens with two attached hydrogens (primary N) is 1. The van der Waals surface area contributed by atoms with Gasteiger partial charge in [-0.3, -0.25) is 0 Å². The highest BCUT2D eigenvalue weighted by molar-refractivity contribution is 7.19. The maximum Gasteiger partial charge on any atom is 0.136 e. The molecule has 2 N–H and O–H groups in total. The van der Waals surface area contributed by atoms with Crippen LogP contribution in [0.4, 0.5) is 5.82 Å². The van der Waals surface area contributed by atoms with E-state index in [9.17, 15) is 0 Å². The average Bonchev–Trinajstić information content (AvgIpc) is 2.76.